The van der Waals surface area contributed by atoms with Crippen LogP contribution in [0, 0.1) is 6.92 Å². The number of aryl methyl sites for hydroxylation is 1. The van der Waals surface area contributed by atoms with E-state index in [1.54, 1.807) is 13.0 Å². The number of anilines is 3. The lowest BCUT2D eigenvalue weighted by Crippen LogP contribution is -2.21. The lowest BCUT2D eigenvalue weighted by Gasteiger charge is -2.11. The van der Waals surface area contributed by atoms with Gasteiger partial charge in [0, 0.05) is 12.1 Å². The van der Waals surface area contributed by atoms with Gasteiger partial charge in [0.2, 0.25) is 5.95 Å². The third kappa shape index (κ3) is 3.45. The monoisotopic (exact) mass is 310 g/mol. The Bertz CT molecular complexity index is 744. The SMILES string of the molecule is Cc1cc(Nc2nncc(NC3CCS(=O)(=O)C3)n2)no1. The summed E-state index contributed by atoms with van der Waals surface area (Å²) >= 11 is 0. The lowest BCUT2D eigenvalue weighted by atomic mass is 10.3. The molecule has 1 aliphatic rings. The van der Waals surface area contributed by atoms with Gasteiger partial charge in [-0.1, -0.05) is 5.16 Å². The van der Waals surface area contributed by atoms with Crippen LogP contribution >= 0.6 is 0 Å². The molecule has 1 aliphatic heterocycles. The van der Waals surface area contributed by atoms with Crippen molar-refractivity contribution in [3.05, 3.63) is 18.0 Å². The second kappa shape index (κ2) is 5.28. The van der Waals surface area contributed by atoms with Crippen molar-refractivity contribution in [2.75, 3.05) is 22.1 Å². The van der Waals surface area contributed by atoms with Gasteiger partial charge < -0.3 is 15.2 Å². The topological polar surface area (TPSA) is 123 Å². The maximum absolute atomic E-state index is 11.4. The van der Waals surface area contributed by atoms with Gasteiger partial charge in [-0.2, -0.15) is 10.1 Å². The van der Waals surface area contributed by atoms with Crippen LogP contribution in [0.4, 0.5) is 17.6 Å². The molecule has 1 atom stereocenters. The molecule has 9 nitrogen and oxygen atoms in total. The smallest absolute Gasteiger partial charge is 0.250 e. The Hall–Kier alpha value is -2.23. The van der Waals surface area contributed by atoms with E-state index in [2.05, 4.69) is 31.0 Å². The van der Waals surface area contributed by atoms with E-state index < -0.39 is 9.84 Å². The van der Waals surface area contributed by atoms with E-state index in [-0.39, 0.29) is 23.5 Å². The number of nitrogens with one attached hydrogen (secondary N) is 2. The van der Waals surface area contributed by atoms with Crippen LogP contribution in [0.25, 0.3) is 0 Å². The first kappa shape index (κ1) is 13.7. The molecule has 0 bridgehead atoms. The minimum Gasteiger partial charge on any atom is -0.365 e. The molecule has 21 heavy (non-hydrogen) atoms. The maximum atomic E-state index is 11.4. The van der Waals surface area contributed by atoms with E-state index in [1.807, 2.05) is 0 Å². The highest BCUT2D eigenvalue weighted by atomic mass is 32.2. The molecular weight excluding hydrogens is 296 g/mol. The van der Waals surface area contributed by atoms with Crippen LogP contribution in [0.5, 0.6) is 0 Å². The second-order valence-electron chi connectivity index (χ2n) is 4.86. The molecule has 1 unspecified atom stereocenters. The third-order valence-corrected chi connectivity index (χ3v) is 4.78. The number of hydrogen-bond donors (Lipinski definition) is 2. The van der Waals surface area contributed by atoms with Gasteiger partial charge in [-0.3, -0.25) is 0 Å². The minimum absolute atomic E-state index is 0.113. The fraction of sp³-hybridized carbons (Fsp3) is 0.455. The van der Waals surface area contributed by atoms with Crippen molar-refractivity contribution < 1.29 is 12.9 Å². The summed E-state index contributed by atoms with van der Waals surface area (Å²) in [6, 6.07) is 1.56. The molecule has 0 spiro atoms. The van der Waals surface area contributed by atoms with Crippen molar-refractivity contribution in [3.63, 3.8) is 0 Å². The Balaban J connectivity index is 1.68. The summed E-state index contributed by atoms with van der Waals surface area (Å²) in [4.78, 5) is 4.22. The number of rotatable bonds is 4. The van der Waals surface area contributed by atoms with Crippen LogP contribution in [0.3, 0.4) is 0 Å². The van der Waals surface area contributed by atoms with Gasteiger partial charge >= 0.3 is 0 Å². The molecule has 10 heteroatoms. The highest BCUT2D eigenvalue weighted by Gasteiger charge is 2.28. The fourth-order valence-corrected chi connectivity index (χ4v) is 3.76. The molecule has 0 aliphatic carbocycles. The normalized spacial score (nSPS) is 20.3. The Kier molecular flexibility index (Phi) is 3.45. The molecule has 3 rings (SSSR count). The molecular formula is C11H14N6O3S. The molecule has 3 heterocycles. The summed E-state index contributed by atoms with van der Waals surface area (Å²) in [5.74, 6) is 2.18. The van der Waals surface area contributed by atoms with E-state index in [0.717, 1.165) is 0 Å². The third-order valence-electron chi connectivity index (χ3n) is 3.01. The van der Waals surface area contributed by atoms with Crippen LogP contribution < -0.4 is 10.6 Å². The lowest BCUT2D eigenvalue weighted by molar-refractivity contribution is 0.400. The van der Waals surface area contributed by atoms with Crippen LogP contribution in [0.15, 0.2) is 16.8 Å². The molecule has 0 radical (unpaired) electrons. The standard InChI is InChI=1S/C11H14N6O3S/c1-7-4-9(17-20-7)14-11-15-10(5-12-16-11)13-8-2-3-21(18,19)6-8/h4-5,8H,2-3,6H2,1H3,(H2,13,14,15,16,17). The number of nitrogens with zero attached hydrogens (tertiary/aromatic N) is 4. The summed E-state index contributed by atoms with van der Waals surface area (Å²) in [5, 5.41) is 17.3. The zero-order valence-corrected chi connectivity index (χ0v) is 12.1. The first-order valence-corrected chi connectivity index (χ1v) is 8.19. The van der Waals surface area contributed by atoms with Crippen LogP contribution in [0.1, 0.15) is 12.2 Å². The molecule has 2 N–H and O–H groups in total. The van der Waals surface area contributed by atoms with E-state index in [1.165, 1.54) is 6.20 Å². The van der Waals surface area contributed by atoms with Gasteiger partial charge in [0.25, 0.3) is 0 Å². The van der Waals surface area contributed by atoms with E-state index in [4.69, 9.17) is 4.52 Å². The fourth-order valence-electron chi connectivity index (χ4n) is 2.08. The Morgan fingerprint density at radius 1 is 1.38 bits per heavy atom. The van der Waals surface area contributed by atoms with E-state index in [9.17, 15) is 8.42 Å². The summed E-state index contributed by atoms with van der Waals surface area (Å²) < 4.78 is 27.8. The zero-order valence-electron chi connectivity index (χ0n) is 11.3. The highest BCUT2D eigenvalue weighted by Crippen LogP contribution is 2.17. The van der Waals surface area contributed by atoms with Crippen LogP contribution in [-0.2, 0) is 9.84 Å². The van der Waals surface area contributed by atoms with Crippen molar-refractivity contribution in [1.82, 2.24) is 20.3 Å². The van der Waals surface area contributed by atoms with Crippen molar-refractivity contribution in [1.29, 1.82) is 0 Å². The quantitative estimate of drug-likeness (QED) is 0.831. The van der Waals surface area contributed by atoms with Gasteiger partial charge in [0.05, 0.1) is 17.7 Å². The summed E-state index contributed by atoms with van der Waals surface area (Å²) in [6.07, 6.45) is 2.02. The van der Waals surface area contributed by atoms with Gasteiger partial charge in [-0.25, -0.2) is 8.42 Å². The molecule has 0 aromatic carbocycles. The summed E-state index contributed by atoms with van der Waals surface area (Å²) in [6.45, 7) is 1.77. The summed E-state index contributed by atoms with van der Waals surface area (Å²) in [5.41, 5.74) is 0. The summed E-state index contributed by atoms with van der Waals surface area (Å²) in [7, 11) is -2.94. The van der Waals surface area contributed by atoms with Gasteiger partial charge in [-0.05, 0) is 13.3 Å². The Morgan fingerprint density at radius 2 is 2.24 bits per heavy atom. The van der Waals surface area contributed by atoms with Crippen molar-refractivity contribution in [3.8, 4) is 0 Å². The van der Waals surface area contributed by atoms with Gasteiger partial charge in [0.15, 0.2) is 21.5 Å². The Morgan fingerprint density at radius 3 is 2.90 bits per heavy atom. The minimum atomic E-state index is -2.94. The zero-order chi connectivity index (χ0) is 14.9. The maximum Gasteiger partial charge on any atom is 0.250 e. The molecule has 112 valence electrons. The van der Waals surface area contributed by atoms with Gasteiger partial charge in [-0.15, -0.1) is 5.10 Å². The molecule has 0 amide bonds. The average molecular weight is 310 g/mol. The predicted octanol–water partition coefficient (Wildman–Crippen LogP) is 0.511. The Labute approximate surface area is 121 Å². The van der Waals surface area contributed by atoms with Crippen LogP contribution in [-0.4, -0.2) is 46.3 Å². The second-order valence-corrected chi connectivity index (χ2v) is 7.09. The molecule has 1 fully saturated rings. The predicted molar refractivity (Wildman–Crippen MR) is 75.0 cm³/mol. The highest BCUT2D eigenvalue weighted by molar-refractivity contribution is 7.91. The largest absolute Gasteiger partial charge is 0.365 e. The van der Waals surface area contributed by atoms with Gasteiger partial charge in [0.1, 0.15) is 5.76 Å². The first-order chi connectivity index (χ1) is 10.00. The number of aromatic nitrogens is 4. The average Bonchev–Trinajstić information content (AvgIpc) is 2.96. The van der Waals surface area contributed by atoms with Crippen LogP contribution in [0.2, 0.25) is 0 Å². The van der Waals surface area contributed by atoms with E-state index in [0.29, 0.717) is 23.8 Å². The molecule has 1 saturated heterocycles. The molecule has 2 aromatic rings. The number of sulfone groups is 1. The molecule has 2 aromatic heterocycles. The van der Waals surface area contributed by atoms with Crippen molar-refractivity contribution >= 4 is 27.4 Å². The van der Waals surface area contributed by atoms with Crippen molar-refractivity contribution in [2.24, 2.45) is 0 Å². The first-order valence-electron chi connectivity index (χ1n) is 6.37. The van der Waals surface area contributed by atoms with E-state index >= 15 is 0 Å². The van der Waals surface area contributed by atoms with Crippen molar-refractivity contribution in [2.45, 2.75) is 19.4 Å². The molecule has 0 saturated carbocycles. The number of hydrogen-bond acceptors (Lipinski definition) is 9.